The van der Waals surface area contributed by atoms with Crippen molar-refractivity contribution >= 4 is 23.6 Å². The van der Waals surface area contributed by atoms with Gasteiger partial charge in [-0.15, -0.1) is 0 Å². The summed E-state index contributed by atoms with van der Waals surface area (Å²) in [5.41, 5.74) is 1.81. The van der Waals surface area contributed by atoms with Crippen LogP contribution in [-0.4, -0.2) is 49.2 Å². The standard InChI is InChI=1S/C24H25N3O6/c1-3-31-18-11-7-5-9-15(18)22-21-17(14-33-23(21)29)27(24(30)26-22)13-20(28)25-16-10-6-8-12-19(16)32-4-2/h5-12,22H,3-4,13-14H2,1-2H3,(H,25,28)(H,26,30)/t22-/m1/s1. The largest absolute Gasteiger partial charge is 0.494 e. The Balaban J connectivity index is 1.60. The first-order chi connectivity index (χ1) is 16.0. The van der Waals surface area contributed by atoms with Gasteiger partial charge in [0, 0.05) is 5.56 Å². The average Bonchev–Trinajstić information content (AvgIpc) is 3.19. The molecule has 33 heavy (non-hydrogen) atoms. The zero-order valence-electron chi connectivity index (χ0n) is 18.4. The molecule has 0 bridgehead atoms. The average molecular weight is 451 g/mol. The quantitative estimate of drug-likeness (QED) is 0.598. The van der Waals surface area contributed by atoms with Crippen molar-refractivity contribution in [3.05, 3.63) is 65.4 Å². The van der Waals surface area contributed by atoms with Gasteiger partial charge in [0.05, 0.1) is 36.2 Å². The molecule has 172 valence electrons. The van der Waals surface area contributed by atoms with Crippen LogP contribution in [0, 0.1) is 0 Å². The molecule has 0 fully saturated rings. The van der Waals surface area contributed by atoms with Gasteiger partial charge >= 0.3 is 12.0 Å². The van der Waals surface area contributed by atoms with Crippen LogP contribution < -0.4 is 20.1 Å². The molecule has 0 spiro atoms. The van der Waals surface area contributed by atoms with E-state index in [1.165, 1.54) is 4.90 Å². The summed E-state index contributed by atoms with van der Waals surface area (Å²) >= 11 is 0. The van der Waals surface area contributed by atoms with Crippen LogP contribution in [0.4, 0.5) is 10.5 Å². The van der Waals surface area contributed by atoms with Gasteiger partial charge in [-0.2, -0.15) is 0 Å². The molecule has 2 aromatic carbocycles. The van der Waals surface area contributed by atoms with E-state index in [1.807, 2.05) is 19.9 Å². The summed E-state index contributed by atoms with van der Waals surface area (Å²) in [7, 11) is 0. The number of carbonyl (C=O) groups excluding carboxylic acids is 3. The number of benzene rings is 2. The zero-order valence-corrected chi connectivity index (χ0v) is 18.4. The summed E-state index contributed by atoms with van der Waals surface area (Å²) in [6, 6.07) is 13.0. The monoisotopic (exact) mass is 451 g/mol. The Hall–Kier alpha value is -4.01. The van der Waals surface area contributed by atoms with Crippen LogP contribution in [0.15, 0.2) is 59.8 Å². The van der Waals surface area contributed by atoms with Gasteiger partial charge in [0.2, 0.25) is 5.91 Å². The molecule has 0 aromatic heterocycles. The number of carbonyl (C=O) groups is 3. The fourth-order valence-electron chi connectivity index (χ4n) is 3.90. The minimum Gasteiger partial charge on any atom is -0.494 e. The van der Waals surface area contributed by atoms with Crippen molar-refractivity contribution in [3.63, 3.8) is 0 Å². The number of hydrogen-bond acceptors (Lipinski definition) is 6. The maximum Gasteiger partial charge on any atom is 0.338 e. The molecule has 2 aliphatic heterocycles. The minimum atomic E-state index is -0.733. The lowest BCUT2D eigenvalue weighted by atomic mass is 9.95. The summed E-state index contributed by atoms with van der Waals surface area (Å²) < 4.78 is 16.5. The number of amides is 3. The second-order valence-electron chi connectivity index (χ2n) is 7.35. The van der Waals surface area contributed by atoms with E-state index in [-0.39, 0.29) is 13.2 Å². The number of ether oxygens (including phenoxy) is 3. The lowest BCUT2D eigenvalue weighted by molar-refractivity contribution is -0.136. The fraction of sp³-hybridized carbons (Fsp3) is 0.292. The lowest BCUT2D eigenvalue weighted by Crippen LogP contribution is -2.49. The Labute approximate surface area is 191 Å². The van der Waals surface area contributed by atoms with Crippen LogP contribution in [0.3, 0.4) is 0 Å². The highest BCUT2D eigenvalue weighted by Gasteiger charge is 2.43. The van der Waals surface area contributed by atoms with Crippen molar-refractivity contribution in [1.29, 1.82) is 0 Å². The summed E-state index contributed by atoms with van der Waals surface area (Å²) in [5.74, 6) is 0.129. The molecule has 2 N–H and O–H groups in total. The van der Waals surface area contributed by atoms with Crippen LogP contribution in [0.2, 0.25) is 0 Å². The first-order valence-corrected chi connectivity index (χ1v) is 10.7. The Morgan fingerprint density at radius 3 is 2.48 bits per heavy atom. The number of para-hydroxylation sites is 3. The summed E-state index contributed by atoms with van der Waals surface area (Å²) in [6.07, 6.45) is 0. The van der Waals surface area contributed by atoms with Gasteiger partial charge < -0.3 is 24.8 Å². The molecule has 2 heterocycles. The Morgan fingerprint density at radius 2 is 1.73 bits per heavy atom. The van der Waals surface area contributed by atoms with Crippen LogP contribution in [0.1, 0.15) is 25.5 Å². The Bertz CT molecular complexity index is 1110. The first kappa shape index (κ1) is 22.2. The predicted molar refractivity (Wildman–Crippen MR) is 120 cm³/mol. The molecular formula is C24H25N3O6. The lowest BCUT2D eigenvalue weighted by Gasteiger charge is -2.33. The Morgan fingerprint density at radius 1 is 1.06 bits per heavy atom. The van der Waals surface area contributed by atoms with Gasteiger partial charge in [-0.05, 0) is 32.0 Å². The molecule has 3 amide bonds. The summed E-state index contributed by atoms with van der Waals surface area (Å²) in [5, 5.41) is 5.60. The maximum absolute atomic E-state index is 13.0. The summed E-state index contributed by atoms with van der Waals surface area (Å²) in [4.78, 5) is 39.6. The van der Waals surface area contributed by atoms with E-state index in [0.29, 0.717) is 47.2 Å². The molecule has 0 radical (unpaired) electrons. The molecule has 9 nitrogen and oxygen atoms in total. The van der Waals surface area contributed by atoms with Crippen molar-refractivity contribution in [2.45, 2.75) is 19.9 Å². The third kappa shape index (κ3) is 4.48. The highest BCUT2D eigenvalue weighted by molar-refractivity contribution is 6.00. The van der Waals surface area contributed by atoms with E-state index < -0.39 is 23.9 Å². The van der Waals surface area contributed by atoms with E-state index in [2.05, 4.69) is 10.6 Å². The maximum atomic E-state index is 13.0. The number of rotatable bonds is 8. The van der Waals surface area contributed by atoms with Crippen molar-refractivity contribution in [3.8, 4) is 11.5 Å². The van der Waals surface area contributed by atoms with Crippen molar-refractivity contribution in [2.24, 2.45) is 0 Å². The van der Waals surface area contributed by atoms with Crippen molar-refractivity contribution in [1.82, 2.24) is 10.2 Å². The molecule has 9 heteroatoms. The molecule has 1 atom stereocenters. The molecule has 0 unspecified atom stereocenters. The van der Waals surface area contributed by atoms with Gasteiger partial charge in [-0.3, -0.25) is 9.69 Å². The highest BCUT2D eigenvalue weighted by Crippen LogP contribution is 2.38. The van der Waals surface area contributed by atoms with Gasteiger partial charge in [0.15, 0.2) is 0 Å². The third-order valence-corrected chi connectivity index (χ3v) is 5.29. The SMILES string of the molecule is CCOc1ccccc1NC(=O)CN1C(=O)N[C@H](c2ccccc2OCC)C2=C1COC2=O. The first-order valence-electron chi connectivity index (χ1n) is 10.7. The third-order valence-electron chi connectivity index (χ3n) is 5.29. The number of esters is 1. The number of nitrogens with zero attached hydrogens (tertiary/aromatic N) is 1. The number of anilines is 1. The molecule has 2 aliphatic rings. The summed E-state index contributed by atoms with van der Waals surface area (Å²) in [6.45, 7) is 4.21. The molecule has 0 saturated carbocycles. The molecule has 4 rings (SSSR count). The van der Waals surface area contributed by atoms with Crippen LogP contribution in [0.25, 0.3) is 0 Å². The molecule has 0 saturated heterocycles. The second-order valence-corrected chi connectivity index (χ2v) is 7.35. The van der Waals surface area contributed by atoms with E-state index >= 15 is 0 Å². The van der Waals surface area contributed by atoms with E-state index in [1.54, 1.807) is 42.5 Å². The van der Waals surface area contributed by atoms with Gasteiger partial charge in [-0.1, -0.05) is 30.3 Å². The molecule has 0 aliphatic carbocycles. The predicted octanol–water partition coefficient (Wildman–Crippen LogP) is 3.00. The van der Waals surface area contributed by atoms with E-state index in [0.717, 1.165) is 0 Å². The second kappa shape index (κ2) is 9.64. The van der Waals surface area contributed by atoms with Crippen molar-refractivity contribution < 1.29 is 28.6 Å². The van der Waals surface area contributed by atoms with Gasteiger partial charge in [-0.25, -0.2) is 9.59 Å². The van der Waals surface area contributed by atoms with Crippen LogP contribution in [-0.2, 0) is 14.3 Å². The number of nitrogens with one attached hydrogen (secondary N) is 2. The Kier molecular flexibility index (Phi) is 6.48. The molecule has 2 aromatic rings. The molecular weight excluding hydrogens is 426 g/mol. The van der Waals surface area contributed by atoms with Gasteiger partial charge in [0.1, 0.15) is 24.7 Å². The smallest absolute Gasteiger partial charge is 0.338 e. The zero-order chi connectivity index (χ0) is 23.4. The fourth-order valence-corrected chi connectivity index (χ4v) is 3.90. The van der Waals surface area contributed by atoms with Crippen LogP contribution in [0.5, 0.6) is 11.5 Å². The topological polar surface area (TPSA) is 106 Å². The van der Waals surface area contributed by atoms with Gasteiger partial charge in [0.25, 0.3) is 0 Å². The number of hydrogen-bond donors (Lipinski definition) is 2. The van der Waals surface area contributed by atoms with E-state index in [9.17, 15) is 14.4 Å². The van der Waals surface area contributed by atoms with Crippen molar-refractivity contribution in [2.75, 3.05) is 31.7 Å². The normalized spacial score (nSPS) is 17.3. The number of cyclic esters (lactones) is 1. The number of urea groups is 1. The highest BCUT2D eigenvalue weighted by atomic mass is 16.5. The van der Waals surface area contributed by atoms with Crippen LogP contribution >= 0.6 is 0 Å². The minimum absolute atomic E-state index is 0.0856. The van der Waals surface area contributed by atoms with E-state index in [4.69, 9.17) is 14.2 Å².